The summed E-state index contributed by atoms with van der Waals surface area (Å²) in [6, 6.07) is 2.04. The van der Waals surface area contributed by atoms with Crippen LogP contribution in [0.25, 0.3) is 0 Å². The first-order valence-electron chi connectivity index (χ1n) is 7.61. The van der Waals surface area contributed by atoms with Crippen LogP contribution in [0.15, 0.2) is 18.5 Å². The summed E-state index contributed by atoms with van der Waals surface area (Å²) in [6.45, 7) is 5.36. The predicted molar refractivity (Wildman–Crippen MR) is 77.7 cm³/mol. The molecule has 1 rings (SSSR count). The third-order valence-electron chi connectivity index (χ3n) is 3.56. The smallest absolute Gasteiger partial charge is 0.0802 e. The number of hydrogen-bond donors (Lipinski definition) is 1. The van der Waals surface area contributed by atoms with Crippen molar-refractivity contribution in [3.63, 3.8) is 0 Å². The molecule has 0 radical (unpaired) electrons. The number of nitrogens with zero attached hydrogens (tertiary/aromatic N) is 1. The standard InChI is InChI=1S/C16H29NO/c1-3-5-6-7-8-9-10-12-17-13-11-15(14-17)16(18)4-2/h11,13-14,16,18H,3-10,12H2,1-2H3. The summed E-state index contributed by atoms with van der Waals surface area (Å²) in [5, 5.41) is 9.72. The van der Waals surface area contributed by atoms with E-state index in [1.54, 1.807) is 0 Å². The highest BCUT2D eigenvalue weighted by Crippen LogP contribution is 2.16. The molecular formula is C16H29NO. The third kappa shape index (κ3) is 5.72. The van der Waals surface area contributed by atoms with E-state index in [4.69, 9.17) is 0 Å². The zero-order chi connectivity index (χ0) is 13.2. The van der Waals surface area contributed by atoms with E-state index in [1.165, 1.54) is 44.9 Å². The highest BCUT2D eigenvalue weighted by molar-refractivity contribution is 5.13. The van der Waals surface area contributed by atoms with Crippen LogP contribution in [-0.4, -0.2) is 9.67 Å². The van der Waals surface area contributed by atoms with Crippen molar-refractivity contribution in [2.45, 2.75) is 77.9 Å². The van der Waals surface area contributed by atoms with Crippen LogP contribution in [0.3, 0.4) is 0 Å². The van der Waals surface area contributed by atoms with Crippen molar-refractivity contribution < 1.29 is 5.11 Å². The van der Waals surface area contributed by atoms with Crippen molar-refractivity contribution in [3.8, 4) is 0 Å². The molecule has 1 heterocycles. The maximum atomic E-state index is 9.72. The molecule has 1 atom stereocenters. The lowest BCUT2D eigenvalue weighted by atomic mass is 10.1. The van der Waals surface area contributed by atoms with E-state index in [1.807, 2.05) is 13.0 Å². The van der Waals surface area contributed by atoms with E-state index < -0.39 is 0 Å². The van der Waals surface area contributed by atoms with Crippen LogP contribution in [0, 0.1) is 0 Å². The fourth-order valence-electron chi connectivity index (χ4n) is 2.28. The normalized spacial score (nSPS) is 12.8. The van der Waals surface area contributed by atoms with Crippen LogP contribution in [0.4, 0.5) is 0 Å². The van der Waals surface area contributed by atoms with Gasteiger partial charge in [-0.15, -0.1) is 0 Å². The lowest BCUT2D eigenvalue weighted by molar-refractivity contribution is 0.173. The molecule has 104 valence electrons. The van der Waals surface area contributed by atoms with E-state index >= 15 is 0 Å². The zero-order valence-corrected chi connectivity index (χ0v) is 12.1. The fraction of sp³-hybridized carbons (Fsp3) is 0.750. The Labute approximate surface area is 112 Å². The molecule has 0 fully saturated rings. The summed E-state index contributed by atoms with van der Waals surface area (Å²) in [5.74, 6) is 0. The summed E-state index contributed by atoms with van der Waals surface area (Å²) in [6.07, 6.45) is 14.1. The second kappa shape index (κ2) is 9.21. The van der Waals surface area contributed by atoms with Gasteiger partial charge in [-0.3, -0.25) is 0 Å². The molecule has 1 unspecified atom stereocenters. The summed E-state index contributed by atoms with van der Waals surface area (Å²) in [4.78, 5) is 0. The Kier molecular flexibility index (Phi) is 7.83. The minimum atomic E-state index is -0.291. The van der Waals surface area contributed by atoms with Crippen LogP contribution in [-0.2, 0) is 6.54 Å². The first-order chi connectivity index (χ1) is 8.77. The molecule has 2 heteroatoms. The van der Waals surface area contributed by atoms with E-state index in [0.29, 0.717) is 0 Å². The minimum absolute atomic E-state index is 0.291. The molecule has 0 aliphatic rings. The zero-order valence-electron chi connectivity index (χ0n) is 12.1. The quantitative estimate of drug-likeness (QED) is 0.600. The van der Waals surface area contributed by atoms with Gasteiger partial charge < -0.3 is 9.67 Å². The molecule has 0 aliphatic heterocycles. The molecule has 1 aromatic heterocycles. The van der Waals surface area contributed by atoms with Gasteiger partial charge in [0.25, 0.3) is 0 Å². The first-order valence-corrected chi connectivity index (χ1v) is 7.61. The van der Waals surface area contributed by atoms with Gasteiger partial charge in [0.15, 0.2) is 0 Å². The van der Waals surface area contributed by atoms with Gasteiger partial charge in [0, 0.05) is 18.9 Å². The van der Waals surface area contributed by atoms with Crippen LogP contribution in [0.1, 0.15) is 76.9 Å². The van der Waals surface area contributed by atoms with Crippen molar-refractivity contribution in [1.82, 2.24) is 4.57 Å². The number of aromatic nitrogens is 1. The lowest BCUT2D eigenvalue weighted by Gasteiger charge is -2.05. The van der Waals surface area contributed by atoms with Crippen LogP contribution in [0.2, 0.25) is 0 Å². The molecule has 0 bridgehead atoms. The van der Waals surface area contributed by atoms with Crippen LogP contribution in [0.5, 0.6) is 0 Å². The van der Waals surface area contributed by atoms with E-state index in [2.05, 4.69) is 23.9 Å². The minimum Gasteiger partial charge on any atom is -0.388 e. The molecule has 0 spiro atoms. The molecule has 2 nitrogen and oxygen atoms in total. The Balaban J connectivity index is 2.10. The maximum Gasteiger partial charge on any atom is 0.0802 e. The predicted octanol–water partition coefficient (Wildman–Crippen LogP) is 4.68. The topological polar surface area (TPSA) is 25.2 Å². The number of aryl methyl sites for hydroxylation is 1. The van der Waals surface area contributed by atoms with Crippen molar-refractivity contribution in [2.75, 3.05) is 0 Å². The Morgan fingerprint density at radius 2 is 1.72 bits per heavy atom. The Morgan fingerprint density at radius 3 is 2.39 bits per heavy atom. The Hall–Kier alpha value is -0.760. The van der Waals surface area contributed by atoms with Crippen LogP contribution >= 0.6 is 0 Å². The highest BCUT2D eigenvalue weighted by Gasteiger charge is 2.05. The molecule has 1 aromatic rings. The van der Waals surface area contributed by atoms with Gasteiger partial charge in [-0.05, 0) is 24.5 Å². The molecule has 0 saturated heterocycles. The Morgan fingerprint density at radius 1 is 1.06 bits per heavy atom. The average molecular weight is 251 g/mol. The molecule has 0 amide bonds. The monoisotopic (exact) mass is 251 g/mol. The maximum absolute atomic E-state index is 9.72. The molecule has 0 aliphatic carbocycles. The molecule has 18 heavy (non-hydrogen) atoms. The van der Waals surface area contributed by atoms with E-state index in [9.17, 15) is 5.11 Å². The summed E-state index contributed by atoms with van der Waals surface area (Å²) < 4.78 is 2.21. The lowest BCUT2D eigenvalue weighted by Crippen LogP contribution is -1.96. The van der Waals surface area contributed by atoms with E-state index in [-0.39, 0.29) is 6.10 Å². The number of hydrogen-bond acceptors (Lipinski definition) is 1. The van der Waals surface area contributed by atoms with Gasteiger partial charge in [0.2, 0.25) is 0 Å². The molecule has 0 saturated carbocycles. The van der Waals surface area contributed by atoms with Crippen LogP contribution < -0.4 is 0 Å². The molecule has 1 N–H and O–H groups in total. The fourth-order valence-corrected chi connectivity index (χ4v) is 2.28. The number of rotatable bonds is 10. The van der Waals surface area contributed by atoms with Crippen molar-refractivity contribution >= 4 is 0 Å². The first kappa shape index (κ1) is 15.3. The van der Waals surface area contributed by atoms with Crippen molar-refractivity contribution in [1.29, 1.82) is 0 Å². The van der Waals surface area contributed by atoms with Gasteiger partial charge in [0.1, 0.15) is 0 Å². The molecular weight excluding hydrogens is 222 g/mol. The van der Waals surface area contributed by atoms with Gasteiger partial charge in [-0.2, -0.15) is 0 Å². The largest absolute Gasteiger partial charge is 0.388 e. The van der Waals surface area contributed by atoms with Gasteiger partial charge in [-0.25, -0.2) is 0 Å². The number of aliphatic hydroxyl groups excluding tert-OH is 1. The van der Waals surface area contributed by atoms with Crippen molar-refractivity contribution in [3.05, 3.63) is 24.0 Å². The second-order valence-electron chi connectivity index (χ2n) is 5.23. The van der Waals surface area contributed by atoms with Gasteiger partial charge in [0.05, 0.1) is 6.10 Å². The number of aliphatic hydroxyl groups is 1. The summed E-state index contributed by atoms with van der Waals surface area (Å²) in [7, 11) is 0. The SMILES string of the molecule is CCCCCCCCCn1ccc(C(O)CC)c1. The van der Waals surface area contributed by atoms with Crippen molar-refractivity contribution in [2.24, 2.45) is 0 Å². The second-order valence-corrected chi connectivity index (χ2v) is 5.23. The molecule has 0 aromatic carbocycles. The third-order valence-corrected chi connectivity index (χ3v) is 3.56. The van der Waals surface area contributed by atoms with Gasteiger partial charge in [-0.1, -0.05) is 52.4 Å². The highest BCUT2D eigenvalue weighted by atomic mass is 16.3. The Bertz CT molecular complexity index is 306. The number of unbranched alkanes of at least 4 members (excludes halogenated alkanes) is 6. The average Bonchev–Trinajstić information content (AvgIpc) is 2.85. The van der Waals surface area contributed by atoms with E-state index in [0.717, 1.165) is 18.5 Å². The summed E-state index contributed by atoms with van der Waals surface area (Å²) in [5.41, 5.74) is 1.06. The van der Waals surface area contributed by atoms with Gasteiger partial charge >= 0.3 is 0 Å². The summed E-state index contributed by atoms with van der Waals surface area (Å²) >= 11 is 0.